The number of benzene rings is 1. The Bertz CT molecular complexity index is 459. The van der Waals surface area contributed by atoms with Gasteiger partial charge in [-0.15, -0.1) is 0 Å². The minimum Gasteiger partial charge on any atom is -0.399 e. The maximum Gasteiger partial charge on any atom is 0.154 e. The fraction of sp³-hybridized carbons (Fsp3) is 0.400. The second kappa shape index (κ2) is 4.82. The molecule has 1 aromatic carbocycles. The number of nitrogens with two attached hydrogens (primary N) is 2. The third kappa shape index (κ3) is 2.94. The first-order valence-corrected chi connectivity index (χ1v) is 6.72. The largest absolute Gasteiger partial charge is 0.399 e. The van der Waals surface area contributed by atoms with Crippen molar-refractivity contribution >= 4 is 15.5 Å². The molecule has 5 nitrogen and oxygen atoms in total. The highest BCUT2D eigenvalue weighted by Crippen LogP contribution is 2.20. The minimum atomic E-state index is -3.39. The molecule has 0 radical (unpaired) electrons. The Labute approximate surface area is 95.0 Å². The maximum absolute atomic E-state index is 11.4. The second-order valence-electron chi connectivity index (χ2n) is 3.75. The van der Waals surface area contributed by atoms with Crippen LogP contribution in [0.2, 0.25) is 0 Å². The summed E-state index contributed by atoms with van der Waals surface area (Å²) in [6, 6.07) is 5.91. The van der Waals surface area contributed by atoms with Crippen LogP contribution in [0, 0.1) is 0 Å². The van der Waals surface area contributed by atoms with Crippen LogP contribution in [-0.4, -0.2) is 31.6 Å². The maximum atomic E-state index is 11.4. The monoisotopic (exact) mass is 244 g/mol. The van der Waals surface area contributed by atoms with Crippen molar-refractivity contribution in [3.8, 4) is 0 Å². The molecular weight excluding hydrogens is 228 g/mol. The van der Waals surface area contributed by atoms with E-state index < -0.39 is 27.7 Å². The molecule has 5 N–H and O–H groups in total. The standard InChI is InChI=1S/C10H16N2O3S/c1-16(14,15)9(6-13)10(12)7-3-2-4-8(11)5-7/h2-5,9-10,13H,6,11-12H2,1H3/t9-,10+/m1/s1. The molecule has 6 heteroatoms. The van der Waals surface area contributed by atoms with Crippen LogP contribution in [0.5, 0.6) is 0 Å². The lowest BCUT2D eigenvalue weighted by molar-refractivity contribution is 0.278. The van der Waals surface area contributed by atoms with E-state index in [0.717, 1.165) is 6.26 Å². The molecule has 0 amide bonds. The quantitative estimate of drug-likeness (QED) is 0.629. The Hall–Kier alpha value is -1.11. The van der Waals surface area contributed by atoms with Crippen LogP contribution in [0.1, 0.15) is 11.6 Å². The first kappa shape index (κ1) is 13.0. The fourth-order valence-corrected chi connectivity index (χ4v) is 2.46. The van der Waals surface area contributed by atoms with Gasteiger partial charge in [0.1, 0.15) is 5.25 Å². The van der Waals surface area contributed by atoms with E-state index in [9.17, 15) is 8.42 Å². The predicted octanol–water partition coefficient (Wildman–Crippen LogP) is -0.326. The molecule has 0 fully saturated rings. The molecular formula is C10H16N2O3S. The van der Waals surface area contributed by atoms with Gasteiger partial charge >= 0.3 is 0 Å². The summed E-state index contributed by atoms with van der Waals surface area (Å²) in [6.45, 7) is -0.505. The summed E-state index contributed by atoms with van der Waals surface area (Å²) in [4.78, 5) is 0. The van der Waals surface area contributed by atoms with Crippen molar-refractivity contribution < 1.29 is 13.5 Å². The molecule has 0 heterocycles. The van der Waals surface area contributed by atoms with E-state index in [4.69, 9.17) is 16.6 Å². The third-order valence-electron chi connectivity index (χ3n) is 2.43. The number of hydrogen-bond acceptors (Lipinski definition) is 5. The third-order valence-corrected chi connectivity index (χ3v) is 3.97. The van der Waals surface area contributed by atoms with Gasteiger partial charge < -0.3 is 16.6 Å². The van der Waals surface area contributed by atoms with Crippen molar-refractivity contribution in [3.05, 3.63) is 29.8 Å². The van der Waals surface area contributed by atoms with Gasteiger partial charge in [0.2, 0.25) is 0 Å². The first-order valence-electron chi connectivity index (χ1n) is 4.77. The summed E-state index contributed by atoms with van der Waals surface area (Å²) >= 11 is 0. The molecule has 0 spiro atoms. The summed E-state index contributed by atoms with van der Waals surface area (Å²) in [5, 5.41) is 8.07. The molecule has 2 atom stereocenters. The zero-order valence-corrected chi connectivity index (χ0v) is 9.81. The molecule has 0 bridgehead atoms. The van der Waals surface area contributed by atoms with Gasteiger partial charge in [-0.3, -0.25) is 0 Å². The van der Waals surface area contributed by atoms with E-state index in [-0.39, 0.29) is 0 Å². The summed E-state index contributed by atoms with van der Waals surface area (Å²) in [6.07, 6.45) is 1.06. The molecule has 0 unspecified atom stereocenters. The Morgan fingerprint density at radius 1 is 1.44 bits per heavy atom. The topological polar surface area (TPSA) is 106 Å². The van der Waals surface area contributed by atoms with Gasteiger partial charge in [-0.1, -0.05) is 12.1 Å². The van der Waals surface area contributed by atoms with Crippen LogP contribution in [0.25, 0.3) is 0 Å². The smallest absolute Gasteiger partial charge is 0.154 e. The van der Waals surface area contributed by atoms with E-state index in [2.05, 4.69) is 0 Å². The zero-order valence-electron chi connectivity index (χ0n) is 9.00. The van der Waals surface area contributed by atoms with Gasteiger partial charge in [0, 0.05) is 18.0 Å². The van der Waals surface area contributed by atoms with Crippen LogP contribution >= 0.6 is 0 Å². The molecule has 0 aliphatic heterocycles. The Balaban J connectivity index is 3.05. The highest BCUT2D eigenvalue weighted by molar-refractivity contribution is 7.91. The van der Waals surface area contributed by atoms with Crippen LogP contribution in [0.15, 0.2) is 24.3 Å². The highest BCUT2D eigenvalue weighted by Gasteiger charge is 2.28. The number of rotatable bonds is 4. The molecule has 1 aromatic rings. The summed E-state index contributed by atoms with van der Waals surface area (Å²) in [5.41, 5.74) is 12.5. The predicted molar refractivity (Wildman–Crippen MR) is 63.5 cm³/mol. The molecule has 0 saturated carbocycles. The van der Waals surface area contributed by atoms with Crippen molar-refractivity contribution in [2.24, 2.45) is 5.73 Å². The second-order valence-corrected chi connectivity index (χ2v) is 6.01. The molecule has 0 saturated heterocycles. The lowest BCUT2D eigenvalue weighted by atomic mass is 10.0. The van der Waals surface area contributed by atoms with Crippen molar-refractivity contribution in [1.29, 1.82) is 0 Å². The number of anilines is 1. The lowest BCUT2D eigenvalue weighted by Crippen LogP contribution is -2.36. The Morgan fingerprint density at radius 3 is 2.50 bits per heavy atom. The van der Waals surface area contributed by atoms with E-state index in [1.54, 1.807) is 24.3 Å². The van der Waals surface area contributed by atoms with Crippen LogP contribution < -0.4 is 11.5 Å². The number of aliphatic hydroxyl groups is 1. The molecule has 0 aromatic heterocycles. The molecule has 0 aliphatic rings. The van der Waals surface area contributed by atoms with Gasteiger partial charge in [-0.2, -0.15) is 0 Å². The van der Waals surface area contributed by atoms with E-state index in [0.29, 0.717) is 11.3 Å². The van der Waals surface area contributed by atoms with Crippen LogP contribution in [0.3, 0.4) is 0 Å². The van der Waals surface area contributed by atoms with Crippen molar-refractivity contribution in [1.82, 2.24) is 0 Å². The summed E-state index contributed by atoms with van der Waals surface area (Å²) in [5.74, 6) is 0. The van der Waals surface area contributed by atoms with Crippen LogP contribution in [-0.2, 0) is 9.84 Å². The zero-order chi connectivity index (χ0) is 12.3. The molecule has 1 rings (SSSR count). The van der Waals surface area contributed by atoms with Crippen LogP contribution in [0.4, 0.5) is 5.69 Å². The molecule has 90 valence electrons. The van der Waals surface area contributed by atoms with E-state index in [1.165, 1.54) is 0 Å². The van der Waals surface area contributed by atoms with Gasteiger partial charge in [0.25, 0.3) is 0 Å². The van der Waals surface area contributed by atoms with Gasteiger partial charge in [-0.05, 0) is 17.7 Å². The minimum absolute atomic E-state index is 0.505. The summed E-state index contributed by atoms with van der Waals surface area (Å²) in [7, 11) is -3.39. The average Bonchev–Trinajstić information content (AvgIpc) is 2.16. The van der Waals surface area contributed by atoms with E-state index in [1.807, 2.05) is 0 Å². The first-order chi connectivity index (χ1) is 7.36. The number of aliphatic hydroxyl groups excluding tert-OH is 1. The SMILES string of the molecule is CS(=O)(=O)[C@H](CO)[C@@H](N)c1cccc(N)c1. The fourth-order valence-electron chi connectivity index (χ4n) is 1.50. The Kier molecular flexibility index (Phi) is 3.90. The molecule has 16 heavy (non-hydrogen) atoms. The highest BCUT2D eigenvalue weighted by atomic mass is 32.2. The summed E-state index contributed by atoms with van der Waals surface area (Å²) < 4.78 is 22.8. The van der Waals surface area contributed by atoms with Gasteiger partial charge in [0.05, 0.1) is 6.61 Å². The number of sulfone groups is 1. The van der Waals surface area contributed by atoms with Crippen molar-refractivity contribution in [2.45, 2.75) is 11.3 Å². The lowest BCUT2D eigenvalue weighted by Gasteiger charge is -2.20. The van der Waals surface area contributed by atoms with Gasteiger partial charge in [0.15, 0.2) is 9.84 Å². The normalized spacial score (nSPS) is 15.7. The number of hydrogen-bond donors (Lipinski definition) is 3. The molecule has 0 aliphatic carbocycles. The van der Waals surface area contributed by atoms with E-state index >= 15 is 0 Å². The van der Waals surface area contributed by atoms with Crippen molar-refractivity contribution in [3.63, 3.8) is 0 Å². The van der Waals surface area contributed by atoms with Gasteiger partial charge in [-0.25, -0.2) is 8.42 Å². The van der Waals surface area contributed by atoms with Crippen molar-refractivity contribution in [2.75, 3.05) is 18.6 Å². The number of nitrogen functional groups attached to an aromatic ring is 1. The average molecular weight is 244 g/mol. The Morgan fingerprint density at radius 2 is 2.06 bits per heavy atom.